The molecule has 0 heterocycles. The predicted molar refractivity (Wildman–Crippen MR) is 47.1 cm³/mol. The summed E-state index contributed by atoms with van der Waals surface area (Å²) in [5.41, 5.74) is 0. The van der Waals surface area contributed by atoms with E-state index in [1.165, 1.54) is 0 Å². The number of ether oxygens (including phenoxy) is 1. The smallest absolute Gasteiger partial charge is 0.308 e. The van der Waals surface area contributed by atoms with Crippen LogP contribution in [-0.2, 0) is 14.3 Å². The maximum absolute atomic E-state index is 11.3. The van der Waals surface area contributed by atoms with Gasteiger partial charge in [-0.1, -0.05) is 6.42 Å². The lowest BCUT2D eigenvalue weighted by atomic mass is 9.81. The van der Waals surface area contributed by atoms with Gasteiger partial charge in [0, 0.05) is 5.97 Å². The van der Waals surface area contributed by atoms with Gasteiger partial charge in [0.1, 0.15) is 0 Å². The molecule has 0 unspecified atom stereocenters. The zero-order chi connectivity index (χ0) is 10.6. The molecule has 0 aromatic carbocycles. The molecule has 0 bridgehead atoms. The summed E-state index contributed by atoms with van der Waals surface area (Å²) in [6, 6.07) is 0. The fourth-order valence-electron chi connectivity index (χ4n) is 1.88. The van der Waals surface area contributed by atoms with E-state index in [9.17, 15) is 14.7 Å². The van der Waals surface area contributed by atoms with E-state index in [0.29, 0.717) is 19.4 Å². The standard InChI is InChI=1S/C10H16O4/c1-2-14-10(13)8-5-3-4-7(6-8)9(11)12/h7-8H,2-6H2,1H3,(H,11,12)/p-1/t7-,8+/m1/s1. The van der Waals surface area contributed by atoms with Crippen molar-refractivity contribution in [2.75, 3.05) is 6.61 Å². The van der Waals surface area contributed by atoms with Crippen LogP contribution < -0.4 is 5.11 Å². The third kappa shape index (κ3) is 2.72. The van der Waals surface area contributed by atoms with Crippen LogP contribution in [0, 0.1) is 11.8 Å². The molecular weight excluding hydrogens is 184 g/mol. The zero-order valence-corrected chi connectivity index (χ0v) is 8.32. The molecule has 0 saturated heterocycles. The van der Waals surface area contributed by atoms with E-state index in [2.05, 4.69) is 0 Å². The summed E-state index contributed by atoms with van der Waals surface area (Å²) in [4.78, 5) is 21.9. The number of carbonyl (C=O) groups excluding carboxylic acids is 2. The minimum Gasteiger partial charge on any atom is -0.550 e. The monoisotopic (exact) mass is 199 g/mol. The Hall–Kier alpha value is -1.06. The SMILES string of the molecule is CCOC(=O)[C@H]1CCC[C@@H](C(=O)[O-])C1. The lowest BCUT2D eigenvalue weighted by Gasteiger charge is -2.28. The molecule has 14 heavy (non-hydrogen) atoms. The summed E-state index contributed by atoms with van der Waals surface area (Å²) in [6.07, 6.45) is 2.50. The number of aliphatic carboxylic acids is 1. The van der Waals surface area contributed by atoms with Crippen molar-refractivity contribution in [2.24, 2.45) is 11.8 Å². The summed E-state index contributed by atoms with van der Waals surface area (Å²) in [5.74, 6) is -2.03. The lowest BCUT2D eigenvalue weighted by Crippen LogP contribution is -2.36. The molecular formula is C10H15O4-. The second-order valence-electron chi connectivity index (χ2n) is 3.63. The topological polar surface area (TPSA) is 66.4 Å². The highest BCUT2D eigenvalue weighted by atomic mass is 16.5. The van der Waals surface area contributed by atoms with Gasteiger partial charge in [-0.2, -0.15) is 0 Å². The Balaban J connectivity index is 2.47. The van der Waals surface area contributed by atoms with Crippen molar-refractivity contribution in [3.05, 3.63) is 0 Å². The van der Waals surface area contributed by atoms with Gasteiger partial charge in [0.05, 0.1) is 12.5 Å². The van der Waals surface area contributed by atoms with Crippen LogP contribution in [0.15, 0.2) is 0 Å². The molecule has 0 aromatic heterocycles. The van der Waals surface area contributed by atoms with E-state index >= 15 is 0 Å². The lowest BCUT2D eigenvalue weighted by molar-refractivity contribution is -0.312. The van der Waals surface area contributed by atoms with Gasteiger partial charge >= 0.3 is 5.97 Å². The first-order chi connectivity index (χ1) is 6.65. The maximum atomic E-state index is 11.3. The summed E-state index contributed by atoms with van der Waals surface area (Å²) in [6.45, 7) is 2.10. The van der Waals surface area contributed by atoms with E-state index in [1.54, 1.807) is 6.92 Å². The van der Waals surface area contributed by atoms with Gasteiger partial charge in [-0.3, -0.25) is 4.79 Å². The Morgan fingerprint density at radius 3 is 2.57 bits per heavy atom. The first kappa shape index (κ1) is 11.0. The molecule has 0 spiro atoms. The van der Waals surface area contributed by atoms with E-state index in [-0.39, 0.29) is 11.9 Å². The molecule has 4 nitrogen and oxygen atoms in total. The molecule has 1 fully saturated rings. The molecule has 0 radical (unpaired) electrons. The van der Waals surface area contributed by atoms with Crippen LogP contribution >= 0.6 is 0 Å². The van der Waals surface area contributed by atoms with E-state index in [4.69, 9.17) is 4.74 Å². The Kier molecular flexibility index (Phi) is 3.92. The van der Waals surface area contributed by atoms with Crippen molar-refractivity contribution < 1.29 is 19.4 Å². The number of rotatable bonds is 3. The van der Waals surface area contributed by atoms with Crippen LogP contribution in [-0.4, -0.2) is 18.5 Å². The summed E-state index contributed by atoms with van der Waals surface area (Å²) >= 11 is 0. The minimum atomic E-state index is -1.04. The summed E-state index contributed by atoms with van der Waals surface area (Å²) in [7, 11) is 0. The zero-order valence-electron chi connectivity index (χ0n) is 8.32. The van der Waals surface area contributed by atoms with Gasteiger partial charge in [-0.05, 0) is 32.1 Å². The highest BCUT2D eigenvalue weighted by molar-refractivity contribution is 5.74. The van der Waals surface area contributed by atoms with E-state index in [1.807, 2.05) is 0 Å². The molecule has 0 aliphatic heterocycles. The van der Waals surface area contributed by atoms with Crippen LogP contribution in [0.4, 0.5) is 0 Å². The number of carboxylic acid groups (broad SMARTS) is 1. The number of esters is 1. The van der Waals surface area contributed by atoms with Gasteiger partial charge in [0.15, 0.2) is 0 Å². The molecule has 1 aliphatic carbocycles. The largest absolute Gasteiger partial charge is 0.550 e. The predicted octanol–water partition coefficient (Wildman–Crippen LogP) is 0.106. The van der Waals surface area contributed by atoms with Crippen molar-refractivity contribution in [3.63, 3.8) is 0 Å². The van der Waals surface area contributed by atoms with Gasteiger partial charge < -0.3 is 14.6 Å². The number of hydrogen-bond acceptors (Lipinski definition) is 4. The van der Waals surface area contributed by atoms with Crippen LogP contribution in [0.1, 0.15) is 32.6 Å². The second kappa shape index (κ2) is 4.98. The molecule has 0 N–H and O–H groups in total. The summed E-state index contributed by atoms with van der Waals surface area (Å²) < 4.78 is 4.86. The first-order valence-corrected chi connectivity index (χ1v) is 5.02. The molecule has 80 valence electrons. The molecule has 1 saturated carbocycles. The number of carbonyl (C=O) groups is 2. The van der Waals surface area contributed by atoms with Crippen molar-refractivity contribution in [2.45, 2.75) is 32.6 Å². The van der Waals surface area contributed by atoms with Crippen molar-refractivity contribution in [1.82, 2.24) is 0 Å². The van der Waals surface area contributed by atoms with Crippen LogP contribution in [0.25, 0.3) is 0 Å². The number of carboxylic acids is 1. The van der Waals surface area contributed by atoms with E-state index in [0.717, 1.165) is 12.8 Å². The fourth-order valence-corrected chi connectivity index (χ4v) is 1.88. The Labute approximate surface area is 83.2 Å². The number of hydrogen-bond donors (Lipinski definition) is 0. The Morgan fingerprint density at radius 1 is 1.36 bits per heavy atom. The molecule has 0 amide bonds. The van der Waals surface area contributed by atoms with Gasteiger partial charge in [-0.25, -0.2) is 0 Å². The highest BCUT2D eigenvalue weighted by Crippen LogP contribution is 2.29. The normalized spacial score (nSPS) is 26.9. The van der Waals surface area contributed by atoms with E-state index < -0.39 is 11.9 Å². The van der Waals surface area contributed by atoms with Crippen LogP contribution in [0.3, 0.4) is 0 Å². The molecule has 1 rings (SSSR count). The molecule has 1 aliphatic rings. The average molecular weight is 199 g/mol. The van der Waals surface area contributed by atoms with Gasteiger partial charge in [-0.15, -0.1) is 0 Å². The van der Waals surface area contributed by atoms with Crippen LogP contribution in [0.2, 0.25) is 0 Å². The Morgan fingerprint density at radius 2 is 2.00 bits per heavy atom. The van der Waals surface area contributed by atoms with Crippen molar-refractivity contribution >= 4 is 11.9 Å². The Bertz CT molecular complexity index is 224. The summed E-state index contributed by atoms with van der Waals surface area (Å²) in [5, 5.41) is 10.6. The highest BCUT2D eigenvalue weighted by Gasteiger charge is 2.28. The van der Waals surface area contributed by atoms with Gasteiger partial charge in [0.2, 0.25) is 0 Å². The molecule has 0 aromatic rings. The fraction of sp³-hybridized carbons (Fsp3) is 0.800. The van der Waals surface area contributed by atoms with Crippen LogP contribution in [0.5, 0.6) is 0 Å². The second-order valence-corrected chi connectivity index (χ2v) is 3.63. The third-order valence-electron chi connectivity index (χ3n) is 2.63. The van der Waals surface area contributed by atoms with Crippen molar-refractivity contribution in [1.29, 1.82) is 0 Å². The minimum absolute atomic E-state index is 0.244. The maximum Gasteiger partial charge on any atom is 0.308 e. The first-order valence-electron chi connectivity index (χ1n) is 5.02. The van der Waals surface area contributed by atoms with Gasteiger partial charge in [0.25, 0.3) is 0 Å². The molecule has 4 heteroatoms. The van der Waals surface area contributed by atoms with Crippen molar-refractivity contribution in [3.8, 4) is 0 Å². The third-order valence-corrected chi connectivity index (χ3v) is 2.63. The quantitative estimate of drug-likeness (QED) is 0.605. The average Bonchev–Trinajstić information content (AvgIpc) is 2.18. The molecule has 2 atom stereocenters.